The lowest BCUT2D eigenvalue weighted by atomic mass is 10.2. The topological polar surface area (TPSA) is 71.5 Å². The summed E-state index contributed by atoms with van der Waals surface area (Å²) in [6.45, 7) is 1.82. The quantitative estimate of drug-likeness (QED) is 0.391. The van der Waals surface area contributed by atoms with Gasteiger partial charge in [0.05, 0.1) is 5.56 Å². The van der Waals surface area contributed by atoms with Crippen LogP contribution >= 0.6 is 11.8 Å². The predicted octanol–water partition coefficient (Wildman–Crippen LogP) is 2.77. The molecule has 0 aliphatic carbocycles. The number of pyridine rings is 1. The second-order valence-electron chi connectivity index (χ2n) is 3.82. The van der Waals surface area contributed by atoms with Crippen molar-refractivity contribution in [3.05, 3.63) is 53.5 Å². The van der Waals surface area contributed by atoms with Crippen molar-refractivity contribution in [3.8, 4) is 0 Å². The van der Waals surface area contributed by atoms with Crippen molar-refractivity contribution in [2.24, 2.45) is 10.9 Å². The molecule has 0 radical (unpaired) electrons. The van der Waals surface area contributed by atoms with Gasteiger partial charge in [-0.25, -0.2) is 9.37 Å². The Morgan fingerprint density at radius 3 is 2.74 bits per heavy atom. The lowest BCUT2D eigenvalue weighted by Crippen LogP contribution is -2.15. The van der Waals surface area contributed by atoms with Gasteiger partial charge in [-0.15, -0.1) is 0 Å². The van der Waals surface area contributed by atoms with Gasteiger partial charge < -0.3 is 10.9 Å². The van der Waals surface area contributed by atoms with Crippen molar-refractivity contribution in [1.82, 2.24) is 4.98 Å². The van der Waals surface area contributed by atoms with Gasteiger partial charge in [0.1, 0.15) is 10.8 Å². The normalized spacial score (nSPS) is 11.6. The zero-order valence-corrected chi connectivity index (χ0v) is 11.0. The molecule has 0 atom stereocenters. The summed E-state index contributed by atoms with van der Waals surface area (Å²) in [6, 6.07) is 9.83. The lowest BCUT2D eigenvalue weighted by Gasteiger charge is -2.08. The molecule has 6 heteroatoms. The Morgan fingerprint density at radius 2 is 2.05 bits per heavy atom. The minimum absolute atomic E-state index is 0.0497. The van der Waals surface area contributed by atoms with Crippen LogP contribution < -0.4 is 5.73 Å². The largest absolute Gasteiger partial charge is 0.409 e. The van der Waals surface area contributed by atoms with Gasteiger partial charge in [-0.3, -0.25) is 0 Å². The highest BCUT2D eigenvalue weighted by atomic mass is 32.2. The van der Waals surface area contributed by atoms with Crippen LogP contribution in [-0.4, -0.2) is 16.0 Å². The molecule has 1 aromatic heterocycles. The van der Waals surface area contributed by atoms with Crippen LogP contribution in [0, 0.1) is 12.7 Å². The van der Waals surface area contributed by atoms with E-state index in [9.17, 15) is 4.39 Å². The first-order chi connectivity index (χ1) is 9.11. The van der Waals surface area contributed by atoms with Crippen molar-refractivity contribution in [2.45, 2.75) is 16.8 Å². The number of nitrogens with two attached hydrogens (primary N) is 1. The number of nitrogens with zero attached hydrogens (tertiary/aromatic N) is 2. The van der Waals surface area contributed by atoms with Crippen LogP contribution in [0.15, 0.2) is 51.5 Å². The zero-order valence-electron chi connectivity index (χ0n) is 10.2. The van der Waals surface area contributed by atoms with E-state index in [1.807, 2.05) is 6.92 Å². The summed E-state index contributed by atoms with van der Waals surface area (Å²) in [5, 5.41) is 12.2. The van der Waals surface area contributed by atoms with E-state index in [4.69, 9.17) is 10.9 Å². The maximum atomic E-state index is 13.6. The molecule has 0 amide bonds. The van der Waals surface area contributed by atoms with E-state index in [1.165, 1.54) is 6.07 Å². The van der Waals surface area contributed by atoms with E-state index >= 15 is 0 Å². The molecule has 19 heavy (non-hydrogen) atoms. The van der Waals surface area contributed by atoms with Crippen LogP contribution in [0.4, 0.5) is 4.39 Å². The average molecular weight is 277 g/mol. The number of rotatable bonds is 3. The standard InChI is InChI=1S/C13H12FN3OS/c1-8-6-7-9(12(15)17-18)13(16-8)19-11-5-3-2-4-10(11)14/h2-7,18H,1H3,(H2,15,17). The van der Waals surface area contributed by atoms with Crippen molar-refractivity contribution < 1.29 is 9.60 Å². The van der Waals surface area contributed by atoms with Gasteiger partial charge >= 0.3 is 0 Å². The smallest absolute Gasteiger partial charge is 0.172 e. The van der Waals surface area contributed by atoms with Crippen molar-refractivity contribution >= 4 is 17.6 Å². The molecule has 2 rings (SSSR count). The fraction of sp³-hybridized carbons (Fsp3) is 0.0769. The van der Waals surface area contributed by atoms with E-state index in [-0.39, 0.29) is 11.7 Å². The van der Waals surface area contributed by atoms with E-state index in [0.29, 0.717) is 15.5 Å². The summed E-state index contributed by atoms with van der Waals surface area (Å²) in [5.74, 6) is -0.382. The van der Waals surface area contributed by atoms with Crippen LogP contribution in [0.2, 0.25) is 0 Å². The molecule has 0 aliphatic rings. The van der Waals surface area contributed by atoms with Crippen molar-refractivity contribution in [3.63, 3.8) is 0 Å². The van der Waals surface area contributed by atoms with Gasteiger partial charge in [0.25, 0.3) is 0 Å². The summed E-state index contributed by atoms with van der Waals surface area (Å²) >= 11 is 1.14. The maximum Gasteiger partial charge on any atom is 0.172 e. The van der Waals surface area contributed by atoms with Crippen LogP contribution in [0.3, 0.4) is 0 Å². The Bertz CT molecular complexity index is 631. The number of halogens is 1. The molecule has 0 unspecified atom stereocenters. The molecule has 0 saturated heterocycles. The van der Waals surface area contributed by atoms with Crippen LogP contribution in [0.5, 0.6) is 0 Å². The highest BCUT2D eigenvalue weighted by molar-refractivity contribution is 7.99. The minimum atomic E-state index is -0.332. The molecule has 0 spiro atoms. The molecule has 0 bridgehead atoms. The molecular weight excluding hydrogens is 265 g/mol. The molecular formula is C13H12FN3OS. The number of hydrogen-bond donors (Lipinski definition) is 2. The van der Waals surface area contributed by atoms with Crippen molar-refractivity contribution in [1.29, 1.82) is 0 Å². The first kappa shape index (κ1) is 13.4. The second-order valence-corrected chi connectivity index (χ2v) is 4.85. The number of benzene rings is 1. The van der Waals surface area contributed by atoms with Crippen LogP contribution in [0.1, 0.15) is 11.3 Å². The van der Waals surface area contributed by atoms with E-state index < -0.39 is 0 Å². The van der Waals surface area contributed by atoms with Gasteiger partial charge in [-0.05, 0) is 31.2 Å². The first-order valence-electron chi connectivity index (χ1n) is 5.49. The SMILES string of the molecule is Cc1ccc(C(N)=NO)c(Sc2ccccc2F)n1. The van der Waals surface area contributed by atoms with E-state index in [1.54, 1.807) is 30.3 Å². The van der Waals surface area contributed by atoms with Crippen LogP contribution in [-0.2, 0) is 0 Å². The molecule has 4 nitrogen and oxygen atoms in total. The monoisotopic (exact) mass is 277 g/mol. The van der Waals surface area contributed by atoms with Gasteiger partial charge in [0, 0.05) is 10.6 Å². The summed E-state index contributed by atoms with van der Waals surface area (Å²) in [4.78, 5) is 4.74. The molecule has 1 aromatic carbocycles. The number of aryl methyl sites for hydroxylation is 1. The summed E-state index contributed by atoms with van der Waals surface area (Å²) in [5.41, 5.74) is 6.83. The van der Waals surface area contributed by atoms with Crippen LogP contribution in [0.25, 0.3) is 0 Å². The average Bonchev–Trinajstić information content (AvgIpc) is 2.41. The third-order valence-corrected chi connectivity index (χ3v) is 3.48. The molecule has 0 aliphatic heterocycles. The minimum Gasteiger partial charge on any atom is -0.409 e. The second kappa shape index (κ2) is 5.71. The number of oxime groups is 1. The zero-order chi connectivity index (χ0) is 13.8. The molecule has 98 valence electrons. The molecule has 2 aromatic rings. The van der Waals surface area contributed by atoms with Gasteiger partial charge in [0.2, 0.25) is 0 Å². The van der Waals surface area contributed by atoms with Gasteiger partial charge in [0.15, 0.2) is 5.84 Å². The molecule has 0 saturated carbocycles. The summed E-state index contributed by atoms with van der Waals surface area (Å²) in [7, 11) is 0. The Kier molecular flexibility index (Phi) is 4.01. The van der Waals surface area contributed by atoms with E-state index in [0.717, 1.165) is 17.5 Å². The number of aromatic nitrogens is 1. The fourth-order valence-electron chi connectivity index (χ4n) is 1.49. The third kappa shape index (κ3) is 3.03. The Balaban J connectivity index is 2.44. The molecule has 1 heterocycles. The van der Waals surface area contributed by atoms with Crippen molar-refractivity contribution in [2.75, 3.05) is 0 Å². The first-order valence-corrected chi connectivity index (χ1v) is 6.31. The van der Waals surface area contributed by atoms with Gasteiger partial charge in [-0.1, -0.05) is 29.1 Å². The molecule has 0 fully saturated rings. The highest BCUT2D eigenvalue weighted by Crippen LogP contribution is 2.30. The third-order valence-electron chi connectivity index (χ3n) is 2.43. The number of hydrogen-bond acceptors (Lipinski definition) is 4. The summed E-state index contributed by atoms with van der Waals surface area (Å²) in [6.07, 6.45) is 0. The Labute approximate surface area is 114 Å². The molecule has 3 N–H and O–H groups in total. The maximum absolute atomic E-state index is 13.6. The Hall–Kier alpha value is -2.08. The predicted molar refractivity (Wildman–Crippen MR) is 72.0 cm³/mol. The Morgan fingerprint density at radius 1 is 1.32 bits per heavy atom. The lowest BCUT2D eigenvalue weighted by molar-refractivity contribution is 0.318. The number of amidine groups is 1. The van der Waals surface area contributed by atoms with E-state index in [2.05, 4.69) is 10.1 Å². The fourth-order valence-corrected chi connectivity index (χ4v) is 2.48. The highest BCUT2D eigenvalue weighted by Gasteiger charge is 2.12. The van der Waals surface area contributed by atoms with Gasteiger partial charge in [-0.2, -0.15) is 0 Å². The summed E-state index contributed by atoms with van der Waals surface area (Å²) < 4.78 is 13.6.